The molecule has 1 fully saturated rings. The number of hydrogen-bond donors (Lipinski definition) is 3. The van der Waals surface area contributed by atoms with E-state index < -0.39 is 0 Å². The molecule has 1 saturated heterocycles. The van der Waals surface area contributed by atoms with Crippen LogP contribution < -0.4 is 16.0 Å². The normalized spacial score (nSPS) is 18.3. The minimum absolute atomic E-state index is 0.0397. The van der Waals surface area contributed by atoms with Crippen LogP contribution in [-0.4, -0.2) is 18.8 Å². The molecule has 2 unspecified atom stereocenters. The highest BCUT2D eigenvalue weighted by Gasteiger charge is 2.16. The van der Waals surface area contributed by atoms with Crippen molar-refractivity contribution in [3.05, 3.63) is 88.5 Å². The monoisotopic (exact) mass is 409 g/mol. The van der Waals surface area contributed by atoms with Crippen LogP contribution in [0.4, 0.5) is 0 Å². The molecule has 3 N–H and O–H groups in total. The Balaban J connectivity index is 1.75. The minimum Gasteiger partial charge on any atom is -0.366 e. The number of hydrogen-bond acceptors (Lipinski definition) is 3. The van der Waals surface area contributed by atoms with E-state index >= 15 is 0 Å². The highest BCUT2D eigenvalue weighted by molar-refractivity contribution is 6.31. The number of piperidine rings is 1. The van der Waals surface area contributed by atoms with Gasteiger partial charge in [0.1, 0.15) is 0 Å². The molecule has 2 aromatic rings. The van der Waals surface area contributed by atoms with Gasteiger partial charge in [0, 0.05) is 23.3 Å². The zero-order chi connectivity index (χ0) is 20.6. The van der Waals surface area contributed by atoms with Gasteiger partial charge in [-0.1, -0.05) is 72.6 Å². The fourth-order valence-corrected chi connectivity index (χ4v) is 4.01. The van der Waals surface area contributed by atoms with Crippen LogP contribution >= 0.6 is 11.6 Å². The van der Waals surface area contributed by atoms with Crippen molar-refractivity contribution in [2.24, 2.45) is 0 Å². The van der Waals surface area contributed by atoms with Gasteiger partial charge in [-0.2, -0.15) is 0 Å². The lowest BCUT2D eigenvalue weighted by atomic mass is 9.97. The average molecular weight is 410 g/mol. The van der Waals surface area contributed by atoms with Crippen LogP contribution in [0.5, 0.6) is 0 Å². The Morgan fingerprint density at radius 1 is 1.21 bits per heavy atom. The van der Waals surface area contributed by atoms with Crippen LogP contribution in [0.1, 0.15) is 42.9 Å². The van der Waals surface area contributed by atoms with Gasteiger partial charge in [-0.25, -0.2) is 0 Å². The largest absolute Gasteiger partial charge is 0.366 e. The molecule has 3 nitrogen and oxygen atoms in total. The number of benzene rings is 2. The SMILES string of the molecule is C=C(NC(/C=C(\C)C1CCCCN1)NCc1ccccc1Cl)c1ccccc1C. The fraction of sp³-hybridized carbons (Fsp3) is 0.360. The lowest BCUT2D eigenvalue weighted by Gasteiger charge is -2.27. The molecule has 1 heterocycles. The van der Waals surface area contributed by atoms with Crippen molar-refractivity contribution in [1.29, 1.82) is 0 Å². The molecule has 0 radical (unpaired) electrons. The molecule has 29 heavy (non-hydrogen) atoms. The highest BCUT2D eigenvalue weighted by atomic mass is 35.5. The van der Waals surface area contributed by atoms with Gasteiger partial charge in [-0.05, 0) is 62.1 Å². The summed E-state index contributed by atoms with van der Waals surface area (Å²) in [6, 6.07) is 16.7. The maximum atomic E-state index is 6.35. The van der Waals surface area contributed by atoms with E-state index in [1.807, 2.05) is 18.2 Å². The molecule has 0 saturated carbocycles. The first-order valence-electron chi connectivity index (χ1n) is 10.4. The Hall–Kier alpha value is -2.07. The Kier molecular flexibility index (Phi) is 7.93. The molecule has 2 atom stereocenters. The van der Waals surface area contributed by atoms with Gasteiger partial charge in [0.15, 0.2) is 0 Å². The third-order valence-corrected chi connectivity index (χ3v) is 5.93. The molecular formula is C25H32ClN3. The summed E-state index contributed by atoms with van der Waals surface area (Å²) in [7, 11) is 0. The van der Waals surface area contributed by atoms with E-state index in [2.05, 4.69) is 72.8 Å². The summed E-state index contributed by atoms with van der Waals surface area (Å²) < 4.78 is 0. The van der Waals surface area contributed by atoms with Crippen molar-refractivity contribution in [2.75, 3.05) is 6.54 Å². The average Bonchev–Trinajstić information content (AvgIpc) is 2.73. The van der Waals surface area contributed by atoms with Crippen molar-refractivity contribution in [1.82, 2.24) is 16.0 Å². The third kappa shape index (κ3) is 6.20. The summed E-state index contributed by atoms with van der Waals surface area (Å²) in [5.74, 6) is 0. The van der Waals surface area contributed by atoms with E-state index in [9.17, 15) is 0 Å². The first-order chi connectivity index (χ1) is 14.0. The smallest absolute Gasteiger partial charge is 0.0966 e. The summed E-state index contributed by atoms with van der Waals surface area (Å²) in [6.07, 6.45) is 5.98. The number of aryl methyl sites for hydroxylation is 1. The molecular weight excluding hydrogens is 378 g/mol. The van der Waals surface area contributed by atoms with Crippen LogP contribution in [0.3, 0.4) is 0 Å². The molecule has 1 aliphatic heterocycles. The van der Waals surface area contributed by atoms with Crippen LogP contribution in [-0.2, 0) is 6.54 Å². The quantitative estimate of drug-likeness (QED) is 0.402. The van der Waals surface area contributed by atoms with E-state index in [0.717, 1.165) is 28.4 Å². The lowest BCUT2D eigenvalue weighted by Crippen LogP contribution is -2.41. The van der Waals surface area contributed by atoms with Gasteiger partial charge in [-0.15, -0.1) is 0 Å². The summed E-state index contributed by atoms with van der Waals surface area (Å²) >= 11 is 6.35. The molecule has 0 aliphatic carbocycles. The van der Waals surface area contributed by atoms with Gasteiger partial charge in [0.05, 0.1) is 6.17 Å². The molecule has 0 spiro atoms. The summed E-state index contributed by atoms with van der Waals surface area (Å²) in [6.45, 7) is 10.4. The van der Waals surface area contributed by atoms with Crippen molar-refractivity contribution in [3.8, 4) is 0 Å². The maximum Gasteiger partial charge on any atom is 0.0966 e. The summed E-state index contributed by atoms with van der Waals surface area (Å²) in [5, 5.41) is 11.6. The molecule has 0 bridgehead atoms. The van der Waals surface area contributed by atoms with E-state index in [1.54, 1.807) is 0 Å². The maximum absolute atomic E-state index is 6.35. The molecule has 2 aromatic carbocycles. The second kappa shape index (κ2) is 10.6. The summed E-state index contributed by atoms with van der Waals surface area (Å²) in [5.41, 5.74) is 5.71. The fourth-order valence-electron chi connectivity index (χ4n) is 3.81. The molecule has 0 aromatic heterocycles. The van der Waals surface area contributed by atoms with Crippen molar-refractivity contribution in [2.45, 2.75) is 51.9 Å². The van der Waals surface area contributed by atoms with E-state index in [0.29, 0.717) is 12.6 Å². The Bertz CT molecular complexity index is 853. The first kappa shape index (κ1) is 21.6. The van der Waals surface area contributed by atoms with Gasteiger partial charge in [0.25, 0.3) is 0 Å². The molecule has 0 amide bonds. The lowest BCUT2D eigenvalue weighted by molar-refractivity contribution is 0.435. The van der Waals surface area contributed by atoms with E-state index in [1.165, 1.54) is 30.4 Å². The van der Waals surface area contributed by atoms with Crippen LogP contribution in [0.2, 0.25) is 5.02 Å². The molecule has 4 heteroatoms. The predicted molar refractivity (Wildman–Crippen MR) is 125 cm³/mol. The van der Waals surface area contributed by atoms with E-state index in [4.69, 9.17) is 11.6 Å². The van der Waals surface area contributed by atoms with Crippen molar-refractivity contribution < 1.29 is 0 Å². The Morgan fingerprint density at radius 2 is 1.97 bits per heavy atom. The van der Waals surface area contributed by atoms with Gasteiger partial charge < -0.3 is 10.6 Å². The van der Waals surface area contributed by atoms with E-state index in [-0.39, 0.29) is 6.17 Å². The minimum atomic E-state index is -0.0397. The second-order valence-electron chi connectivity index (χ2n) is 7.80. The standard InChI is InChI=1S/C25H32ClN3/c1-18-10-4-6-12-22(18)20(3)29-25(16-19(2)24-14-8-9-15-27-24)28-17-21-11-5-7-13-23(21)26/h4-7,10-13,16,24-25,27-29H,3,8-9,14-15,17H2,1-2H3/b19-16+. The van der Waals surface area contributed by atoms with Crippen LogP contribution in [0, 0.1) is 6.92 Å². The van der Waals surface area contributed by atoms with Gasteiger partial charge in [-0.3, -0.25) is 5.32 Å². The van der Waals surface area contributed by atoms with Gasteiger partial charge >= 0.3 is 0 Å². The Morgan fingerprint density at radius 3 is 2.69 bits per heavy atom. The van der Waals surface area contributed by atoms with Crippen LogP contribution in [0.15, 0.2) is 66.8 Å². The number of nitrogens with one attached hydrogen (secondary N) is 3. The predicted octanol–water partition coefficient (Wildman–Crippen LogP) is 5.41. The first-order valence-corrected chi connectivity index (χ1v) is 10.8. The van der Waals surface area contributed by atoms with Crippen molar-refractivity contribution >= 4 is 17.3 Å². The zero-order valence-electron chi connectivity index (χ0n) is 17.5. The molecule has 3 rings (SSSR count). The Labute approximate surface area is 180 Å². The van der Waals surface area contributed by atoms with Crippen LogP contribution in [0.25, 0.3) is 5.70 Å². The second-order valence-corrected chi connectivity index (χ2v) is 8.21. The van der Waals surface area contributed by atoms with Crippen molar-refractivity contribution in [3.63, 3.8) is 0 Å². The van der Waals surface area contributed by atoms with Gasteiger partial charge in [0.2, 0.25) is 0 Å². The third-order valence-electron chi connectivity index (χ3n) is 5.56. The number of rotatable bonds is 8. The topological polar surface area (TPSA) is 36.1 Å². The number of halogens is 1. The molecule has 154 valence electrons. The summed E-state index contributed by atoms with van der Waals surface area (Å²) in [4.78, 5) is 0. The zero-order valence-corrected chi connectivity index (χ0v) is 18.2. The molecule has 1 aliphatic rings. The highest BCUT2D eigenvalue weighted by Crippen LogP contribution is 2.19.